The maximum Gasteiger partial charge on any atom is 0.228 e. The monoisotopic (exact) mass is 362 g/mol. The Morgan fingerprint density at radius 1 is 0.962 bits per heavy atom. The fourth-order valence-corrected chi connectivity index (χ4v) is 3.12. The first-order valence-electron chi connectivity index (χ1n) is 9.04. The van der Waals surface area contributed by atoms with E-state index in [4.69, 9.17) is 9.47 Å². The molecule has 1 fully saturated rings. The van der Waals surface area contributed by atoms with Crippen molar-refractivity contribution in [1.29, 1.82) is 0 Å². The van der Waals surface area contributed by atoms with Crippen molar-refractivity contribution in [2.45, 2.75) is 33.6 Å². The molecule has 144 valence electrons. The third-order valence-corrected chi connectivity index (χ3v) is 4.58. The van der Waals surface area contributed by atoms with Gasteiger partial charge in [-0.25, -0.2) is 0 Å². The normalized spacial score (nSPS) is 15.4. The van der Waals surface area contributed by atoms with Crippen molar-refractivity contribution in [1.82, 2.24) is 9.80 Å². The van der Waals surface area contributed by atoms with Crippen molar-refractivity contribution in [2.24, 2.45) is 5.41 Å². The fourth-order valence-electron chi connectivity index (χ4n) is 3.12. The van der Waals surface area contributed by atoms with Crippen LogP contribution in [-0.2, 0) is 16.0 Å². The van der Waals surface area contributed by atoms with E-state index in [0.717, 1.165) is 12.0 Å². The number of ether oxygens (including phenoxy) is 2. The van der Waals surface area contributed by atoms with Crippen molar-refractivity contribution in [2.75, 3.05) is 40.4 Å². The van der Waals surface area contributed by atoms with Crippen LogP contribution in [0.1, 0.15) is 32.8 Å². The van der Waals surface area contributed by atoms with Gasteiger partial charge in [-0.05, 0) is 24.1 Å². The fraction of sp³-hybridized carbons (Fsp3) is 0.600. The van der Waals surface area contributed by atoms with Crippen LogP contribution in [-0.4, -0.2) is 62.0 Å². The van der Waals surface area contributed by atoms with E-state index in [1.165, 1.54) is 0 Å². The Morgan fingerprint density at radius 2 is 1.58 bits per heavy atom. The Hall–Kier alpha value is -2.24. The van der Waals surface area contributed by atoms with Gasteiger partial charge in [-0.3, -0.25) is 9.59 Å². The van der Waals surface area contributed by atoms with Crippen molar-refractivity contribution in [3.05, 3.63) is 23.8 Å². The maximum atomic E-state index is 12.7. The molecule has 26 heavy (non-hydrogen) atoms. The lowest BCUT2D eigenvalue weighted by Crippen LogP contribution is -2.42. The van der Waals surface area contributed by atoms with Crippen LogP contribution in [0.2, 0.25) is 0 Å². The molecular weight excluding hydrogens is 332 g/mol. The van der Waals surface area contributed by atoms with Crippen molar-refractivity contribution < 1.29 is 19.1 Å². The Bertz CT molecular complexity index is 652. The first-order valence-corrected chi connectivity index (χ1v) is 9.04. The molecule has 1 heterocycles. The highest BCUT2D eigenvalue weighted by molar-refractivity contribution is 5.82. The van der Waals surface area contributed by atoms with E-state index in [-0.39, 0.29) is 11.8 Å². The van der Waals surface area contributed by atoms with E-state index in [1.54, 1.807) is 14.2 Å². The van der Waals surface area contributed by atoms with Crippen LogP contribution >= 0.6 is 0 Å². The molecule has 1 aromatic rings. The first kappa shape index (κ1) is 20.1. The van der Waals surface area contributed by atoms with Gasteiger partial charge >= 0.3 is 0 Å². The summed E-state index contributed by atoms with van der Waals surface area (Å²) in [5.41, 5.74) is 0.498. The van der Waals surface area contributed by atoms with Crippen molar-refractivity contribution in [3.8, 4) is 11.5 Å². The molecule has 0 bridgehead atoms. The van der Waals surface area contributed by atoms with Gasteiger partial charge in [-0.15, -0.1) is 0 Å². The summed E-state index contributed by atoms with van der Waals surface area (Å²) in [6.07, 6.45) is 1.12. The lowest BCUT2D eigenvalue weighted by Gasteiger charge is -2.28. The second-order valence-electron chi connectivity index (χ2n) is 7.64. The average Bonchev–Trinajstić information content (AvgIpc) is 2.86. The lowest BCUT2D eigenvalue weighted by atomic mass is 9.94. The molecule has 0 aliphatic carbocycles. The van der Waals surface area contributed by atoms with E-state index >= 15 is 0 Å². The number of amides is 2. The molecule has 0 radical (unpaired) electrons. The van der Waals surface area contributed by atoms with E-state index < -0.39 is 5.41 Å². The number of carbonyl (C=O) groups excluding carboxylic acids is 2. The Balaban J connectivity index is 1.99. The number of hydrogen-bond acceptors (Lipinski definition) is 4. The number of rotatable bonds is 4. The van der Waals surface area contributed by atoms with Gasteiger partial charge in [0.05, 0.1) is 20.6 Å². The number of nitrogens with zero attached hydrogens (tertiary/aromatic N) is 2. The maximum absolute atomic E-state index is 12.7. The van der Waals surface area contributed by atoms with Crippen LogP contribution in [0.15, 0.2) is 18.2 Å². The highest BCUT2D eigenvalue weighted by Crippen LogP contribution is 2.28. The summed E-state index contributed by atoms with van der Waals surface area (Å²) in [5, 5.41) is 0. The summed E-state index contributed by atoms with van der Waals surface area (Å²) >= 11 is 0. The molecule has 1 aromatic carbocycles. The van der Waals surface area contributed by atoms with Crippen molar-refractivity contribution in [3.63, 3.8) is 0 Å². The molecule has 2 amide bonds. The second-order valence-corrected chi connectivity index (χ2v) is 7.64. The minimum Gasteiger partial charge on any atom is -0.493 e. The Morgan fingerprint density at radius 3 is 2.19 bits per heavy atom. The molecule has 0 unspecified atom stereocenters. The van der Waals surface area contributed by atoms with Gasteiger partial charge in [0, 0.05) is 31.6 Å². The molecule has 1 aliphatic rings. The summed E-state index contributed by atoms with van der Waals surface area (Å²) in [6.45, 7) is 8.35. The summed E-state index contributed by atoms with van der Waals surface area (Å²) in [7, 11) is 3.17. The zero-order chi connectivity index (χ0) is 19.3. The number of carbonyl (C=O) groups is 2. The number of methoxy groups -OCH3 is 2. The van der Waals surface area contributed by atoms with Gasteiger partial charge in [0.1, 0.15) is 0 Å². The van der Waals surface area contributed by atoms with Crippen LogP contribution in [0.4, 0.5) is 0 Å². The number of hydrogen-bond donors (Lipinski definition) is 0. The Labute approximate surface area is 156 Å². The standard InChI is InChI=1S/C20H30N2O4/c1-20(2,3)19(24)22-10-6-9-21(11-12-22)18(23)14-15-7-8-16(25-4)17(13-15)26-5/h7-8,13H,6,9-12,14H2,1-5H3. The largest absolute Gasteiger partial charge is 0.493 e. The second kappa shape index (κ2) is 8.43. The summed E-state index contributed by atoms with van der Waals surface area (Å²) < 4.78 is 10.5. The third-order valence-electron chi connectivity index (χ3n) is 4.58. The highest BCUT2D eigenvalue weighted by atomic mass is 16.5. The summed E-state index contributed by atoms with van der Waals surface area (Å²) in [5.74, 6) is 1.49. The minimum absolute atomic E-state index is 0.0716. The quantitative estimate of drug-likeness (QED) is 0.825. The topological polar surface area (TPSA) is 59.1 Å². The van der Waals surface area contributed by atoms with E-state index in [2.05, 4.69) is 0 Å². The zero-order valence-electron chi connectivity index (χ0n) is 16.5. The molecule has 1 aliphatic heterocycles. The van der Waals surface area contributed by atoms with E-state index in [9.17, 15) is 9.59 Å². The first-order chi connectivity index (χ1) is 12.3. The molecule has 0 aromatic heterocycles. The van der Waals surface area contributed by atoms with Gasteiger partial charge < -0.3 is 19.3 Å². The van der Waals surface area contributed by atoms with Crippen LogP contribution in [0.5, 0.6) is 11.5 Å². The predicted molar refractivity (Wildman–Crippen MR) is 100 cm³/mol. The molecule has 0 atom stereocenters. The van der Waals surface area contributed by atoms with Crippen LogP contribution in [0.3, 0.4) is 0 Å². The predicted octanol–water partition coefficient (Wildman–Crippen LogP) is 2.35. The molecule has 0 N–H and O–H groups in total. The Kier molecular flexibility index (Phi) is 6.51. The van der Waals surface area contributed by atoms with Crippen molar-refractivity contribution >= 4 is 11.8 Å². The minimum atomic E-state index is -0.390. The van der Waals surface area contributed by atoms with Gasteiger partial charge in [0.2, 0.25) is 11.8 Å². The van der Waals surface area contributed by atoms with Gasteiger partial charge in [-0.2, -0.15) is 0 Å². The lowest BCUT2D eigenvalue weighted by molar-refractivity contribution is -0.139. The molecule has 0 spiro atoms. The molecule has 0 saturated carbocycles. The van der Waals surface area contributed by atoms with Crippen LogP contribution in [0.25, 0.3) is 0 Å². The van der Waals surface area contributed by atoms with Gasteiger partial charge in [0.15, 0.2) is 11.5 Å². The summed E-state index contributed by atoms with van der Waals surface area (Å²) in [4.78, 5) is 28.9. The van der Waals surface area contributed by atoms with E-state index in [1.807, 2.05) is 48.8 Å². The summed E-state index contributed by atoms with van der Waals surface area (Å²) in [6, 6.07) is 5.53. The van der Waals surface area contributed by atoms with E-state index in [0.29, 0.717) is 44.1 Å². The number of benzene rings is 1. The SMILES string of the molecule is COc1ccc(CC(=O)N2CCCN(C(=O)C(C)(C)C)CC2)cc1OC. The van der Waals surface area contributed by atoms with Gasteiger partial charge in [-0.1, -0.05) is 26.8 Å². The zero-order valence-corrected chi connectivity index (χ0v) is 16.5. The average molecular weight is 362 g/mol. The molecule has 6 nitrogen and oxygen atoms in total. The third kappa shape index (κ3) is 4.90. The van der Waals surface area contributed by atoms with Gasteiger partial charge in [0.25, 0.3) is 0 Å². The van der Waals surface area contributed by atoms with Crippen LogP contribution < -0.4 is 9.47 Å². The molecule has 2 rings (SSSR count). The molecule has 1 saturated heterocycles. The molecule has 6 heteroatoms. The van der Waals surface area contributed by atoms with Crippen LogP contribution in [0, 0.1) is 5.41 Å². The highest BCUT2D eigenvalue weighted by Gasteiger charge is 2.29. The molecular formula is C20H30N2O4. The smallest absolute Gasteiger partial charge is 0.228 e.